The van der Waals surface area contributed by atoms with Gasteiger partial charge in [-0.1, -0.05) is 0 Å². The van der Waals surface area contributed by atoms with E-state index in [1.807, 2.05) is 20.8 Å². The minimum absolute atomic E-state index is 0.347. The van der Waals surface area contributed by atoms with Crippen LogP contribution in [0.1, 0.15) is 34.1 Å². The molecule has 1 amide bonds. The van der Waals surface area contributed by atoms with Crippen molar-refractivity contribution in [2.45, 2.75) is 51.4 Å². The van der Waals surface area contributed by atoms with Gasteiger partial charge in [-0.3, -0.25) is 0 Å². The molecule has 1 saturated heterocycles. The first kappa shape index (κ1) is 14.3. The van der Waals surface area contributed by atoms with Crippen LogP contribution in [0.2, 0.25) is 0 Å². The van der Waals surface area contributed by atoms with Gasteiger partial charge in [0, 0.05) is 13.7 Å². The highest BCUT2D eigenvalue weighted by atomic mass is 16.6. The molecular formula is C12H23NO4. The van der Waals surface area contributed by atoms with Gasteiger partial charge in [-0.15, -0.1) is 0 Å². The zero-order chi connectivity index (χ0) is 13.3. The summed E-state index contributed by atoms with van der Waals surface area (Å²) in [6, 6.07) is 0. The van der Waals surface area contributed by atoms with Crippen molar-refractivity contribution in [3.63, 3.8) is 0 Å². The summed E-state index contributed by atoms with van der Waals surface area (Å²) in [7, 11) is 1.54. The molecule has 1 aliphatic rings. The number of carbonyl (C=O) groups excluding carboxylic acids is 1. The number of carbonyl (C=O) groups is 1. The fraction of sp³-hybridized carbons (Fsp3) is 0.917. The number of aliphatic hydroxyl groups is 1. The molecule has 0 aromatic rings. The monoisotopic (exact) mass is 245 g/mol. The number of aliphatic hydroxyl groups excluding tert-OH is 1. The van der Waals surface area contributed by atoms with E-state index in [1.165, 1.54) is 0 Å². The van der Waals surface area contributed by atoms with Crippen LogP contribution < -0.4 is 0 Å². The van der Waals surface area contributed by atoms with Gasteiger partial charge >= 0.3 is 6.09 Å². The first-order valence-electron chi connectivity index (χ1n) is 5.89. The lowest BCUT2D eigenvalue weighted by molar-refractivity contribution is -0.129. The van der Waals surface area contributed by atoms with Crippen LogP contribution in [0.15, 0.2) is 0 Å². The second-order valence-electron chi connectivity index (χ2n) is 5.72. The Morgan fingerprint density at radius 2 is 2.06 bits per heavy atom. The number of amides is 1. The highest BCUT2D eigenvalue weighted by molar-refractivity contribution is 5.68. The zero-order valence-corrected chi connectivity index (χ0v) is 11.3. The van der Waals surface area contributed by atoms with Crippen LogP contribution >= 0.6 is 0 Å². The maximum atomic E-state index is 11.9. The second-order valence-corrected chi connectivity index (χ2v) is 5.72. The highest BCUT2D eigenvalue weighted by Gasteiger charge is 2.41. The summed E-state index contributed by atoms with van der Waals surface area (Å²) >= 11 is 0. The lowest BCUT2D eigenvalue weighted by Crippen LogP contribution is -2.58. The molecule has 1 aliphatic heterocycles. The van der Waals surface area contributed by atoms with Gasteiger partial charge in [-0.05, 0) is 34.1 Å². The molecule has 17 heavy (non-hydrogen) atoms. The largest absolute Gasteiger partial charge is 0.444 e. The topological polar surface area (TPSA) is 59.0 Å². The molecular weight excluding hydrogens is 222 g/mol. The fourth-order valence-electron chi connectivity index (χ4n) is 1.83. The van der Waals surface area contributed by atoms with E-state index in [9.17, 15) is 9.90 Å². The Morgan fingerprint density at radius 1 is 1.47 bits per heavy atom. The minimum atomic E-state index is -0.713. The van der Waals surface area contributed by atoms with Crippen molar-refractivity contribution in [2.75, 3.05) is 20.2 Å². The molecule has 0 aliphatic carbocycles. The van der Waals surface area contributed by atoms with E-state index in [2.05, 4.69) is 0 Å². The third kappa shape index (κ3) is 3.57. The van der Waals surface area contributed by atoms with Crippen molar-refractivity contribution in [1.82, 2.24) is 4.90 Å². The van der Waals surface area contributed by atoms with E-state index in [-0.39, 0.29) is 6.09 Å². The van der Waals surface area contributed by atoms with Crippen molar-refractivity contribution in [2.24, 2.45) is 0 Å². The molecule has 0 saturated carbocycles. The zero-order valence-electron chi connectivity index (χ0n) is 11.3. The number of nitrogens with zero attached hydrogens (tertiary/aromatic N) is 1. The van der Waals surface area contributed by atoms with Gasteiger partial charge < -0.3 is 19.5 Å². The van der Waals surface area contributed by atoms with Crippen LogP contribution in [0, 0.1) is 0 Å². The van der Waals surface area contributed by atoms with E-state index in [1.54, 1.807) is 18.9 Å². The highest BCUT2D eigenvalue weighted by Crippen LogP contribution is 2.25. The number of likely N-dealkylation sites (tertiary alicyclic amines) is 1. The van der Waals surface area contributed by atoms with Crippen LogP contribution in [0.3, 0.4) is 0 Å². The van der Waals surface area contributed by atoms with Crippen molar-refractivity contribution < 1.29 is 19.4 Å². The van der Waals surface area contributed by atoms with Gasteiger partial charge in [0.1, 0.15) is 11.2 Å². The minimum Gasteiger partial charge on any atom is -0.444 e. The lowest BCUT2D eigenvalue weighted by Gasteiger charge is -2.42. The summed E-state index contributed by atoms with van der Waals surface area (Å²) in [6.45, 7) is 8.14. The molecule has 1 rings (SSSR count). The van der Waals surface area contributed by atoms with Crippen molar-refractivity contribution in [3.8, 4) is 0 Å². The Morgan fingerprint density at radius 3 is 2.53 bits per heavy atom. The van der Waals surface area contributed by atoms with E-state index in [0.29, 0.717) is 19.5 Å². The Labute approximate surface area is 103 Å². The van der Waals surface area contributed by atoms with Crippen LogP contribution in [0.5, 0.6) is 0 Å². The normalized spacial score (nSPS) is 30.2. The fourth-order valence-corrected chi connectivity index (χ4v) is 1.83. The molecule has 0 radical (unpaired) electrons. The predicted molar refractivity (Wildman–Crippen MR) is 63.8 cm³/mol. The summed E-state index contributed by atoms with van der Waals surface area (Å²) in [6.07, 6.45) is -0.400. The smallest absolute Gasteiger partial charge is 0.410 e. The van der Waals surface area contributed by atoms with Crippen LogP contribution in [-0.2, 0) is 9.47 Å². The average molecular weight is 245 g/mol. The van der Waals surface area contributed by atoms with Gasteiger partial charge in [-0.25, -0.2) is 4.79 Å². The van der Waals surface area contributed by atoms with Crippen molar-refractivity contribution in [1.29, 1.82) is 0 Å². The molecule has 1 unspecified atom stereocenters. The van der Waals surface area contributed by atoms with E-state index < -0.39 is 17.3 Å². The number of ether oxygens (including phenoxy) is 2. The molecule has 1 heterocycles. The Hall–Kier alpha value is -0.810. The van der Waals surface area contributed by atoms with Crippen molar-refractivity contribution >= 4 is 6.09 Å². The molecule has 2 atom stereocenters. The summed E-state index contributed by atoms with van der Waals surface area (Å²) in [5, 5.41) is 9.86. The number of rotatable bonds is 1. The van der Waals surface area contributed by atoms with Crippen LogP contribution in [0.4, 0.5) is 4.79 Å². The van der Waals surface area contributed by atoms with E-state index >= 15 is 0 Å². The Kier molecular flexibility index (Phi) is 4.04. The van der Waals surface area contributed by atoms with Crippen molar-refractivity contribution in [3.05, 3.63) is 0 Å². The molecule has 1 N–H and O–H groups in total. The third-order valence-electron chi connectivity index (χ3n) is 3.00. The Balaban J connectivity index is 2.66. The number of piperidine rings is 1. The van der Waals surface area contributed by atoms with Crippen LogP contribution in [-0.4, -0.2) is 53.6 Å². The van der Waals surface area contributed by atoms with Crippen LogP contribution in [0.25, 0.3) is 0 Å². The molecule has 1 fully saturated rings. The standard InChI is InChI=1S/C12H23NO4/c1-11(2,3)17-10(15)13-7-6-9(14)12(4,8-13)16-5/h9,14H,6-8H2,1-5H3/t9?,12-/m0/s1. The summed E-state index contributed by atoms with van der Waals surface area (Å²) < 4.78 is 10.6. The molecule has 0 spiro atoms. The Bertz CT molecular complexity index is 287. The maximum absolute atomic E-state index is 11.9. The van der Waals surface area contributed by atoms with E-state index in [4.69, 9.17) is 9.47 Å². The van der Waals surface area contributed by atoms with Gasteiger partial charge in [0.15, 0.2) is 0 Å². The molecule has 5 nitrogen and oxygen atoms in total. The molecule has 0 bridgehead atoms. The van der Waals surface area contributed by atoms with E-state index in [0.717, 1.165) is 0 Å². The SMILES string of the molecule is CO[C@@]1(C)CN(C(=O)OC(C)(C)C)CCC1O. The number of hydrogen-bond donors (Lipinski definition) is 1. The molecule has 100 valence electrons. The first-order valence-corrected chi connectivity index (χ1v) is 5.89. The molecule has 0 aromatic heterocycles. The maximum Gasteiger partial charge on any atom is 0.410 e. The van der Waals surface area contributed by atoms with Gasteiger partial charge in [0.2, 0.25) is 0 Å². The van der Waals surface area contributed by atoms with Gasteiger partial charge in [-0.2, -0.15) is 0 Å². The summed E-state index contributed by atoms with van der Waals surface area (Å²) in [5.74, 6) is 0. The number of methoxy groups -OCH3 is 1. The third-order valence-corrected chi connectivity index (χ3v) is 3.00. The first-order chi connectivity index (χ1) is 7.68. The lowest BCUT2D eigenvalue weighted by atomic mass is 9.91. The van der Waals surface area contributed by atoms with Gasteiger partial charge in [0.05, 0.1) is 12.6 Å². The van der Waals surface area contributed by atoms with Gasteiger partial charge in [0.25, 0.3) is 0 Å². The molecule has 0 aromatic carbocycles. The summed E-state index contributed by atoms with van der Waals surface area (Å²) in [5.41, 5.74) is -1.22. The number of hydrogen-bond acceptors (Lipinski definition) is 4. The quantitative estimate of drug-likeness (QED) is 0.758. The summed E-state index contributed by atoms with van der Waals surface area (Å²) in [4.78, 5) is 13.5. The second kappa shape index (κ2) is 4.82. The molecule has 5 heteroatoms. The average Bonchev–Trinajstić information content (AvgIpc) is 2.19. The predicted octanol–water partition coefficient (Wildman–Crippen LogP) is 1.39.